The number of carbonyl (C=O) groups excluding carboxylic acids is 1. The highest BCUT2D eigenvalue weighted by Gasteiger charge is 2.02. The molecule has 1 amide bonds. The van der Waals surface area contributed by atoms with E-state index in [1.165, 1.54) is 0 Å². The molecular weight excluding hydrogens is 248 g/mol. The van der Waals surface area contributed by atoms with Gasteiger partial charge in [-0.15, -0.1) is 0 Å². The Hall–Kier alpha value is -2.42. The van der Waals surface area contributed by atoms with Crippen LogP contribution in [0.25, 0.3) is 0 Å². The zero-order chi connectivity index (χ0) is 14.2. The molecule has 0 atom stereocenters. The topological polar surface area (TPSA) is 41.5 Å². The lowest BCUT2D eigenvalue weighted by atomic mass is 10.1. The van der Waals surface area contributed by atoms with Crippen molar-refractivity contribution in [2.75, 3.05) is 0 Å². The molecule has 2 aromatic rings. The average Bonchev–Trinajstić information content (AvgIpc) is 2.52. The third kappa shape index (κ3) is 4.35. The molecule has 0 heterocycles. The predicted octanol–water partition coefficient (Wildman–Crippen LogP) is 3.16. The zero-order valence-electron chi connectivity index (χ0n) is 11.5. The van der Waals surface area contributed by atoms with Crippen molar-refractivity contribution in [3.05, 3.63) is 71.8 Å². The minimum Gasteiger partial charge on any atom is -0.273 e. The van der Waals surface area contributed by atoms with E-state index in [0.29, 0.717) is 6.42 Å². The molecule has 0 fully saturated rings. The molecule has 2 aromatic carbocycles. The van der Waals surface area contributed by atoms with E-state index in [4.69, 9.17) is 0 Å². The molecular formula is C17H18N2O. The number of nitrogens with zero attached hydrogens (tertiary/aromatic N) is 1. The summed E-state index contributed by atoms with van der Waals surface area (Å²) in [6.45, 7) is 1.88. The third-order valence-electron chi connectivity index (χ3n) is 3.02. The molecule has 1 N–H and O–H groups in total. The second-order valence-corrected chi connectivity index (χ2v) is 4.58. The Kier molecular flexibility index (Phi) is 5.07. The third-order valence-corrected chi connectivity index (χ3v) is 3.02. The van der Waals surface area contributed by atoms with Gasteiger partial charge in [0.05, 0.1) is 5.71 Å². The highest BCUT2D eigenvalue weighted by Crippen LogP contribution is 2.03. The van der Waals surface area contributed by atoms with Crippen molar-refractivity contribution in [2.24, 2.45) is 5.10 Å². The van der Waals surface area contributed by atoms with Gasteiger partial charge in [0, 0.05) is 6.42 Å². The van der Waals surface area contributed by atoms with Crippen molar-refractivity contribution in [1.82, 2.24) is 5.43 Å². The van der Waals surface area contributed by atoms with Crippen LogP contribution in [0.4, 0.5) is 0 Å². The largest absolute Gasteiger partial charge is 0.273 e. The first kappa shape index (κ1) is 14.0. The van der Waals surface area contributed by atoms with Crippen LogP contribution in [-0.2, 0) is 11.2 Å². The van der Waals surface area contributed by atoms with Gasteiger partial charge in [0.15, 0.2) is 0 Å². The van der Waals surface area contributed by atoms with E-state index in [1.54, 1.807) is 0 Å². The normalized spacial score (nSPS) is 11.2. The maximum absolute atomic E-state index is 11.7. The Morgan fingerprint density at radius 1 is 1.00 bits per heavy atom. The summed E-state index contributed by atoms with van der Waals surface area (Å²) in [5.74, 6) is -0.0656. The second-order valence-electron chi connectivity index (χ2n) is 4.58. The van der Waals surface area contributed by atoms with Gasteiger partial charge in [0.2, 0.25) is 5.91 Å². The molecule has 0 radical (unpaired) electrons. The molecule has 0 aliphatic carbocycles. The van der Waals surface area contributed by atoms with Crippen molar-refractivity contribution in [3.8, 4) is 0 Å². The number of hydrazone groups is 1. The number of nitrogens with one attached hydrogen (secondary N) is 1. The first-order chi connectivity index (χ1) is 9.75. The van der Waals surface area contributed by atoms with Crippen LogP contribution in [0.5, 0.6) is 0 Å². The Labute approximate surface area is 119 Å². The molecule has 3 heteroatoms. The molecule has 2 rings (SSSR count). The van der Waals surface area contributed by atoms with Crippen molar-refractivity contribution in [2.45, 2.75) is 19.8 Å². The molecule has 0 aromatic heterocycles. The number of hydrogen-bond donors (Lipinski definition) is 1. The summed E-state index contributed by atoms with van der Waals surface area (Å²) in [6, 6.07) is 19.8. The number of rotatable bonds is 5. The van der Waals surface area contributed by atoms with Gasteiger partial charge in [-0.05, 0) is 24.5 Å². The number of hydrogen-bond acceptors (Lipinski definition) is 2. The molecule has 102 valence electrons. The van der Waals surface area contributed by atoms with E-state index in [2.05, 4.69) is 10.5 Å². The molecule has 0 unspecified atom stereocenters. The molecule has 0 aliphatic heterocycles. The maximum atomic E-state index is 11.7. The Balaban J connectivity index is 1.83. The Morgan fingerprint density at radius 2 is 1.60 bits per heavy atom. The van der Waals surface area contributed by atoms with Crippen molar-refractivity contribution in [1.29, 1.82) is 0 Å². The fourth-order valence-electron chi connectivity index (χ4n) is 1.85. The zero-order valence-corrected chi connectivity index (χ0v) is 11.5. The van der Waals surface area contributed by atoms with E-state index in [0.717, 1.165) is 23.3 Å². The number of aryl methyl sites for hydroxylation is 1. The lowest BCUT2D eigenvalue weighted by Gasteiger charge is -2.03. The van der Waals surface area contributed by atoms with Crippen LogP contribution in [0.3, 0.4) is 0 Å². The maximum Gasteiger partial charge on any atom is 0.240 e. The van der Waals surface area contributed by atoms with Crippen molar-refractivity contribution < 1.29 is 4.79 Å². The predicted molar refractivity (Wildman–Crippen MR) is 81.6 cm³/mol. The van der Waals surface area contributed by atoms with Gasteiger partial charge >= 0.3 is 0 Å². The van der Waals surface area contributed by atoms with Crippen LogP contribution in [0, 0.1) is 0 Å². The summed E-state index contributed by atoms with van der Waals surface area (Å²) >= 11 is 0. The molecule has 3 nitrogen and oxygen atoms in total. The van der Waals surface area contributed by atoms with Gasteiger partial charge in [-0.25, -0.2) is 5.43 Å². The van der Waals surface area contributed by atoms with Crippen LogP contribution in [0.2, 0.25) is 0 Å². The van der Waals surface area contributed by atoms with Crippen LogP contribution < -0.4 is 5.43 Å². The van der Waals surface area contributed by atoms with Crippen LogP contribution in [-0.4, -0.2) is 11.6 Å². The first-order valence-electron chi connectivity index (χ1n) is 6.68. The van der Waals surface area contributed by atoms with Gasteiger partial charge in [0.25, 0.3) is 0 Å². The summed E-state index contributed by atoms with van der Waals surface area (Å²) in [4.78, 5) is 11.7. The van der Waals surface area contributed by atoms with Gasteiger partial charge in [-0.1, -0.05) is 60.7 Å². The van der Waals surface area contributed by atoms with Crippen LogP contribution >= 0.6 is 0 Å². The lowest BCUT2D eigenvalue weighted by molar-refractivity contribution is -0.121. The van der Waals surface area contributed by atoms with Gasteiger partial charge in [0.1, 0.15) is 0 Å². The standard InChI is InChI=1S/C17H18N2O/c1-14(16-10-6-3-7-11-16)18-19-17(20)13-12-15-8-4-2-5-9-15/h2-11H,12-13H2,1H3,(H,19,20)/b18-14-. The van der Waals surface area contributed by atoms with Crippen molar-refractivity contribution >= 4 is 11.6 Å². The molecule has 0 bridgehead atoms. The molecule has 0 saturated heterocycles. The fourth-order valence-corrected chi connectivity index (χ4v) is 1.85. The van der Waals surface area contributed by atoms with Gasteiger partial charge in [-0.2, -0.15) is 5.10 Å². The quantitative estimate of drug-likeness (QED) is 0.655. The van der Waals surface area contributed by atoms with Gasteiger partial charge < -0.3 is 0 Å². The van der Waals surface area contributed by atoms with Gasteiger partial charge in [-0.3, -0.25) is 4.79 Å². The molecule has 0 saturated carbocycles. The van der Waals surface area contributed by atoms with E-state index in [-0.39, 0.29) is 5.91 Å². The first-order valence-corrected chi connectivity index (χ1v) is 6.68. The summed E-state index contributed by atoms with van der Waals surface area (Å²) < 4.78 is 0. The Bertz CT molecular complexity index is 576. The van der Waals surface area contributed by atoms with E-state index >= 15 is 0 Å². The summed E-state index contributed by atoms with van der Waals surface area (Å²) in [5, 5.41) is 4.12. The monoisotopic (exact) mass is 266 g/mol. The van der Waals surface area contributed by atoms with Crippen LogP contribution in [0.1, 0.15) is 24.5 Å². The SMILES string of the molecule is C/C(=N/NC(=O)CCc1ccccc1)c1ccccc1. The highest BCUT2D eigenvalue weighted by atomic mass is 16.2. The highest BCUT2D eigenvalue weighted by molar-refractivity contribution is 5.99. The number of carbonyl (C=O) groups is 1. The fraction of sp³-hybridized carbons (Fsp3) is 0.176. The van der Waals surface area contributed by atoms with E-state index in [9.17, 15) is 4.79 Å². The smallest absolute Gasteiger partial charge is 0.240 e. The molecule has 0 aliphatic rings. The number of benzene rings is 2. The van der Waals surface area contributed by atoms with Crippen LogP contribution in [0.15, 0.2) is 65.8 Å². The summed E-state index contributed by atoms with van der Waals surface area (Å²) in [5.41, 5.74) is 5.57. The average molecular weight is 266 g/mol. The van der Waals surface area contributed by atoms with Crippen molar-refractivity contribution in [3.63, 3.8) is 0 Å². The Morgan fingerprint density at radius 3 is 2.25 bits per heavy atom. The van der Waals surface area contributed by atoms with E-state index < -0.39 is 0 Å². The number of amides is 1. The summed E-state index contributed by atoms with van der Waals surface area (Å²) in [7, 11) is 0. The second kappa shape index (κ2) is 7.24. The molecule has 20 heavy (non-hydrogen) atoms. The molecule has 0 spiro atoms. The van der Waals surface area contributed by atoms with E-state index in [1.807, 2.05) is 67.6 Å². The minimum absolute atomic E-state index is 0.0656. The lowest BCUT2D eigenvalue weighted by Crippen LogP contribution is -2.19. The minimum atomic E-state index is -0.0656. The summed E-state index contributed by atoms with van der Waals surface area (Å²) in [6.07, 6.45) is 1.17.